The van der Waals surface area contributed by atoms with E-state index in [1.165, 1.54) is 11.3 Å². The molecule has 0 atom stereocenters. The van der Waals surface area contributed by atoms with Crippen molar-refractivity contribution >= 4 is 56.5 Å². The molecule has 0 unspecified atom stereocenters. The number of halogens is 1. The van der Waals surface area contributed by atoms with Crippen molar-refractivity contribution in [3.63, 3.8) is 0 Å². The predicted molar refractivity (Wildman–Crippen MR) is 92.4 cm³/mol. The maximum Gasteiger partial charge on any atom is 0.269 e. The average Bonchev–Trinajstić information content (AvgIpc) is 2.72. The van der Waals surface area contributed by atoms with Crippen molar-refractivity contribution in [1.29, 1.82) is 0 Å². The number of nitrogens with two attached hydrogens (primary N) is 1. The highest BCUT2D eigenvalue weighted by Crippen LogP contribution is 2.26. The van der Waals surface area contributed by atoms with Crippen molar-refractivity contribution in [2.75, 3.05) is 16.4 Å². The Morgan fingerprint density at radius 1 is 1.35 bits per heavy atom. The molecular weight excluding hydrogens is 387 g/mol. The van der Waals surface area contributed by atoms with Gasteiger partial charge in [-0.15, -0.1) is 0 Å². The number of amides is 1. The molecule has 0 aliphatic rings. The number of nitrogen functional groups attached to an aromatic ring is 1. The Morgan fingerprint density at radius 2 is 2.00 bits per heavy atom. The summed E-state index contributed by atoms with van der Waals surface area (Å²) in [6.45, 7) is 4.01. The van der Waals surface area contributed by atoms with Crippen LogP contribution in [0.1, 0.15) is 23.5 Å². The number of thiazole rings is 1. The Hall–Kier alpha value is -1.35. The molecule has 20 heavy (non-hydrogen) atoms. The summed E-state index contributed by atoms with van der Waals surface area (Å²) in [7, 11) is 0. The fourth-order valence-electron chi connectivity index (χ4n) is 1.52. The van der Waals surface area contributed by atoms with Crippen LogP contribution in [0.4, 0.5) is 16.6 Å². The second kappa shape index (κ2) is 6.40. The Balaban J connectivity index is 2.12. The topological polar surface area (TPSA) is 80.0 Å². The quantitative estimate of drug-likeness (QED) is 0.685. The lowest BCUT2D eigenvalue weighted by Crippen LogP contribution is -2.12. The summed E-state index contributed by atoms with van der Waals surface area (Å²) in [5.41, 5.74) is 6.53. The number of aromatic nitrogens is 1. The summed E-state index contributed by atoms with van der Waals surface area (Å²) in [5.74, 6) is 0.0131. The predicted octanol–water partition coefficient (Wildman–Crippen LogP) is 3.40. The van der Waals surface area contributed by atoms with Gasteiger partial charge in [-0.25, -0.2) is 4.98 Å². The van der Waals surface area contributed by atoms with Crippen LogP contribution in [0.3, 0.4) is 0 Å². The van der Waals surface area contributed by atoms with Gasteiger partial charge in [-0.05, 0) is 60.7 Å². The van der Waals surface area contributed by atoms with E-state index in [9.17, 15) is 4.79 Å². The van der Waals surface area contributed by atoms with Gasteiger partial charge in [0, 0.05) is 15.3 Å². The Morgan fingerprint density at radius 3 is 2.60 bits per heavy atom. The van der Waals surface area contributed by atoms with Gasteiger partial charge in [-0.1, -0.05) is 11.3 Å². The number of carbonyl (C=O) groups is 1. The minimum atomic E-state index is -0.238. The minimum absolute atomic E-state index is 0.238. The lowest BCUT2D eigenvalue weighted by Gasteiger charge is -2.04. The van der Waals surface area contributed by atoms with Gasteiger partial charge < -0.3 is 16.4 Å². The maximum atomic E-state index is 12.2. The minimum Gasteiger partial charge on any atom is -0.382 e. The van der Waals surface area contributed by atoms with E-state index in [2.05, 4.69) is 38.2 Å². The standard InChI is InChI=1S/C13H15IN4OS/c1-7(2)16-13-18-11(15)10(20-13)12(19)17-9-5-3-8(14)4-6-9/h3-7H,15H2,1-2H3,(H,16,18)(H,17,19). The number of hydrogen-bond acceptors (Lipinski definition) is 5. The fraction of sp³-hybridized carbons (Fsp3) is 0.231. The molecule has 0 fully saturated rings. The SMILES string of the molecule is CC(C)Nc1nc(N)c(C(=O)Nc2ccc(I)cc2)s1. The lowest BCUT2D eigenvalue weighted by atomic mass is 10.3. The van der Waals surface area contributed by atoms with E-state index in [4.69, 9.17) is 5.73 Å². The summed E-state index contributed by atoms with van der Waals surface area (Å²) in [6.07, 6.45) is 0. The van der Waals surface area contributed by atoms with E-state index in [-0.39, 0.29) is 17.8 Å². The number of hydrogen-bond donors (Lipinski definition) is 3. The third-order valence-corrected chi connectivity index (χ3v) is 4.09. The molecule has 106 valence electrons. The number of nitrogens with one attached hydrogen (secondary N) is 2. The van der Waals surface area contributed by atoms with Crippen molar-refractivity contribution in [3.05, 3.63) is 32.7 Å². The molecule has 2 aromatic rings. The zero-order chi connectivity index (χ0) is 14.7. The molecule has 5 nitrogen and oxygen atoms in total. The zero-order valence-electron chi connectivity index (χ0n) is 11.1. The highest BCUT2D eigenvalue weighted by molar-refractivity contribution is 14.1. The molecule has 0 spiro atoms. The Bertz CT molecular complexity index is 609. The molecule has 1 aromatic carbocycles. The van der Waals surface area contributed by atoms with Gasteiger partial charge >= 0.3 is 0 Å². The molecule has 0 saturated heterocycles. The molecule has 4 N–H and O–H groups in total. The van der Waals surface area contributed by atoms with Crippen LogP contribution in [0, 0.1) is 3.57 Å². The smallest absolute Gasteiger partial charge is 0.269 e. The normalized spacial score (nSPS) is 10.6. The van der Waals surface area contributed by atoms with Crippen molar-refractivity contribution in [1.82, 2.24) is 4.98 Å². The van der Waals surface area contributed by atoms with E-state index in [1.54, 1.807) is 0 Å². The lowest BCUT2D eigenvalue weighted by molar-refractivity contribution is 0.103. The Labute approximate surface area is 135 Å². The van der Waals surface area contributed by atoms with Crippen LogP contribution < -0.4 is 16.4 Å². The van der Waals surface area contributed by atoms with Gasteiger partial charge in [0.15, 0.2) is 5.13 Å². The molecule has 0 saturated carbocycles. The van der Waals surface area contributed by atoms with Crippen molar-refractivity contribution in [2.24, 2.45) is 0 Å². The average molecular weight is 402 g/mol. The molecule has 1 aromatic heterocycles. The van der Waals surface area contributed by atoms with Crippen LogP contribution in [0.5, 0.6) is 0 Å². The van der Waals surface area contributed by atoms with Crippen molar-refractivity contribution in [2.45, 2.75) is 19.9 Å². The Kier molecular flexibility index (Phi) is 4.81. The number of anilines is 3. The molecule has 0 aliphatic heterocycles. The summed E-state index contributed by atoms with van der Waals surface area (Å²) in [6, 6.07) is 7.80. The van der Waals surface area contributed by atoms with Gasteiger partial charge in [0.05, 0.1) is 0 Å². The second-order valence-electron chi connectivity index (χ2n) is 4.49. The first-order chi connectivity index (χ1) is 9.45. The number of benzene rings is 1. The largest absolute Gasteiger partial charge is 0.382 e. The third-order valence-electron chi connectivity index (χ3n) is 2.37. The zero-order valence-corrected chi connectivity index (χ0v) is 14.1. The first kappa shape index (κ1) is 15.0. The van der Waals surface area contributed by atoms with E-state index >= 15 is 0 Å². The van der Waals surface area contributed by atoms with Crippen LogP contribution >= 0.6 is 33.9 Å². The first-order valence-corrected chi connectivity index (χ1v) is 7.95. The summed E-state index contributed by atoms with van der Waals surface area (Å²) in [5, 5.41) is 6.61. The maximum absolute atomic E-state index is 12.2. The molecule has 0 aliphatic carbocycles. The number of rotatable bonds is 4. The molecule has 2 rings (SSSR count). The summed E-state index contributed by atoms with van der Waals surface area (Å²) >= 11 is 3.47. The van der Waals surface area contributed by atoms with Crippen molar-refractivity contribution in [3.8, 4) is 0 Å². The molecule has 1 amide bonds. The fourth-order valence-corrected chi connectivity index (χ4v) is 2.81. The van der Waals surface area contributed by atoms with Crippen molar-refractivity contribution < 1.29 is 4.79 Å². The van der Waals surface area contributed by atoms with E-state index in [1.807, 2.05) is 38.1 Å². The summed E-state index contributed by atoms with van der Waals surface area (Å²) in [4.78, 5) is 16.7. The molecule has 7 heteroatoms. The molecular formula is C13H15IN4OS. The van der Waals surface area contributed by atoms with E-state index in [0.29, 0.717) is 10.0 Å². The van der Waals surface area contributed by atoms with Gasteiger partial charge in [0.2, 0.25) is 0 Å². The number of carbonyl (C=O) groups excluding carboxylic acids is 1. The van der Waals surface area contributed by atoms with Crippen LogP contribution in [-0.2, 0) is 0 Å². The first-order valence-electron chi connectivity index (χ1n) is 6.05. The van der Waals surface area contributed by atoms with Gasteiger partial charge in [-0.3, -0.25) is 4.79 Å². The highest BCUT2D eigenvalue weighted by atomic mass is 127. The highest BCUT2D eigenvalue weighted by Gasteiger charge is 2.16. The molecule has 0 bridgehead atoms. The van der Waals surface area contributed by atoms with Gasteiger partial charge in [0.25, 0.3) is 5.91 Å². The monoisotopic (exact) mass is 402 g/mol. The van der Waals surface area contributed by atoms with Crippen LogP contribution in [0.2, 0.25) is 0 Å². The van der Waals surface area contributed by atoms with E-state index < -0.39 is 0 Å². The van der Waals surface area contributed by atoms with Gasteiger partial charge in [-0.2, -0.15) is 0 Å². The van der Waals surface area contributed by atoms with Gasteiger partial charge in [0.1, 0.15) is 10.7 Å². The molecule has 0 radical (unpaired) electrons. The van der Waals surface area contributed by atoms with Crippen LogP contribution in [0.25, 0.3) is 0 Å². The van der Waals surface area contributed by atoms with Crippen LogP contribution in [-0.4, -0.2) is 16.9 Å². The summed E-state index contributed by atoms with van der Waals surface area (Å²) < 4.78 is 1.11. The van der Waals surface area contributed by atoms with Crippen LogP contribution in [0.15, 0.2) is 24.3 Å². The third kappa shape index (κ3) is 3.83. The second-order valence-corrected chi connectivity index (χ2v) is 6.74. The number of nitrogens with zero attached hydrogens (tertiary/aromatic N) is 1. The van der Waals surface area contributed by atoms with E-state index in [0.717, 1.165) is 9.26 Å². The molecule has 1 heterocycles.